The number of carbonyl (C=O) groups excluding carboxylic acids is 2. The quantitative estimate of drug-likeness (QED) is 0.724. The van der Waals surface area contributed by atoms with Gasteiger partial charge in [-0.2, -0.15) is 13.2 Å². The fraction of sp³-hybridized carbons (Fsp3) is 0.364. The van der Waals surface area contributed by atoms with Crippen molar-refractivity contribution in [2.75, 3.05) is 48.8 Å². The average Bonchev–Trinajstić information content (AvgIpc) is 2.69. The van der Waals surface area contributed by atoms with E-state index in [9.17, 15) is 22.8 Å². The third-order valence-electron chi connectivity index (χ3n) is 5.20. The van der Waals surface area contributed by atoms with Gasteiger partial charge in [-0.1, -0.05) is 0 Å². The van der Waals surface area contributed by atoms with Crippen molar-refractivity contribution in [1.82, 2.24) is 4.90 Å². The number of piperazine rings is 1. The molecule has 6 nitrogen and oxygen atoms in total. The van der Waals surface area contributed by atoms with E-state index in [1.165, 1.54) is 13.0 Å². The highest BCUT2D eigenvalue weighted by molar-refractivity contribution is 6.43. The number of hydrogen-bond donors (Lipinski definition) is 2. The minimum atomic E-state index is -4.55. The van der Waals surface area contributed by atoms with Gasteiger partial charge in [0.1, 0.15) is 0 Å². The van der Waals surface area contributed by atoms with Crippen molar-refractivity contribution in [1.29, 1.82) is 0 Å². The zero-order valence-electron chi connectivity index (χ0n) is 17.6. The molecule has 166 valence electrons. The topological polar surface area (TPSA) is 64.7 Å². The van der Waals surface area contributed by atoms with E-state index in [-0.39, 0.29) is 5.69 Å². The standard InChI is InChI=1S/C22H25F3N4O2/c1-14-10-16(22(23,24)25)13-17(11-14)26-20(30)21(31)27-19-5-4-18(12-15(19)2)29-8-6-28(3)7-9-29/h4-5,10-13H,6-9H2,1-3H3,(H,26,30)(H,27,31). The molecule has 0 atom stereocenters. The number of aryl methyl sites for hydroxylation is 2. The lowest BCUT2D eigenvalue weighted by Gasteiger charge is -2.34. The molecule has 1 saturated heterocycles. The van der Waals surface area contributed by atoms with Crippen LogP contribution in [0.2, 0.25) is 0 Å². The lowest BCUT2D eigenvalue weighted by Crippen LogP contribution is -2.44. The van der Waals surface area contributed by atoms with E-state index in [2.05, 4.69) is 27.5 Å². The molecule has 2 amide bonds. The average molecular weight is 434 g/mol. The number of rotatable bonds is 3. The third-order valence-corrected chi connectivity index (χ3v) is 5.20. The Bertz CT molecular complexity index is 983. The molecule has 0 saturated carbocycles. The molecule has 31 heavy (non-hydrogen) atoms. The van der Waals surface area contributed by atoms with E-state index in [0.717, 1.165) is 49.6 Å². The van der Waals surface area contributed by atoms with Gasteiger partial charge >= 0.3 is 18.0 Å². The van der Waals surface area contributed by atoms with Crippen LogP contribution >= 0.6 is 0 Å². The number of nitrogens with zero attached hydrogens (tertiary/aromatic N) is 2. The predicted molar refractivity (Wildman–Crippen MR) is 114 cm³/mol. The molecule has 0 unspecified atom stereocenters. The maximum Gasteiger partial charge on any atom is 0.416 e. The van der Waals surface area contributed by atoms with Gasteiger partial charge in [0.05, 0.1) is 5.56 Å². The second kappa shape index (κ2) is 8.97. The number of nitrogens with one attached hydrogen (secondary N) is 2. The fourth-order valence-corrected chi connectivity index (χ4v) is 3.44. The summed E-state index contributed by atoms with van der Waals surface area (Å²) < 4.78 is 38.9. The Labute approximate surface area is 179 Å². The Morgan fingerprint density at radius 3 is 2.16 bits per heavy atom. The molecule has 2 N–H and O–H groups in total. The zero-order valence-corrected chi connectivity index (χ0v) is 17.6. The monoisotopic (exact) mass is 434 g/mol. The molecule has 1 aliphatic heterocycles. The van der Waals surface area contributed by atoms with Crippen LogP contribution in [0.4, 0.5) is 30.2 Å². The Balaban J connectivity index is 1.66. The number of alkyl halides is 3. The first-order valence-electron chi connectivity index (χ1n) is 9.88. The number of anilines is 3. The van der Waals surface area contributed by atoms with Crippen molar-refractivity contribution in [3.8, 4) is 0 Å². The molecule has 9 heteroatoms. The molecule has 1 fully saturated rings. The van der Waals surface area contributed by atoms with Gasteiger partial charge in [0.15, 0.2) is 0 Å². The minimum absolute atomic E-state index is 0.0883. The second-order valence-electron chi connectivity index (χ2n) is 7.78. The van der Waals surface area contributed by atoms with E-state index in [1.54, 1.807) is 6.07 Å². The van der Waals surface area contributed by atoms with Gasteiger partial charge < -0.3 is 20.4 Å². The van der Waals surface area contributed by atoms with Gasteiger partial charge in [0.2, 0.25) is 0 Å². The summed E-state index contributed by atoms with van der Waals surface area (Å²) in [4.78, 5) is 29.0. The SMILES string of the molecule is Cc1cc(NC(=O)C(=O)Nc2ccc(N3CCN(C)CC3)cc2C)cc(C(F)(F)F)c1. The molecule has 0 radical (unpaired) electrons. The van der Waals surface area contributed by atoms with Gasteiger partial charge in [-0.15, -0.1) is 0 Å². The molecule has 0 spiro atoms. The Hall–Kier alpha value is -3.07. The van der Waals surface area contributed by atoms with Crippen LogP contribution in [0.25, 0.3) is 0 Å². The summed E-state index contributed by atoms with van der Waals surface area (Å²) in [6.45, 7) is 7.04. The maximum absolute atomic E-state index is 13.0. The lowest BCUT2D eigenvalue weighted by atomic mass is 10.1. The van der Waals surface area contributed by atoms with E-state index in [1.807, 2.05) is 19.1 Å². The Kier molecular flexibility index (Phi) is 6.54. The number of carbonyl (C=O) groups is 2. The molecule has 3 rings (SSSR count). The summed E-state index contributed by atoms with van der Waals surface area (Å²) in [5, 5.41) is 4.77. The van der Waals surface area contributed by atoms with Crippen molar-refractivity contribution in [2.45, 2.75) is 20.0 Å². The van der Waals surface area contributed by atoms with Crippen molar-refractivity contribution in [3.63, 3.8) is 0 Å². The molecular formula is C22H25F3N4O2. The van der Waals surface area contributed by atoms with Crippen LogP contribution in [0, 0.1) is 13.8 Å². The first-order valence-corrected chi connectivity index (χ1v) is 9.88. The summed E-state index contributed by atoms with van der Waals surface area (Å²) in [6.07, 6.45) is -4.55. The van der Waals surface area contributed by atoms with Gasteiger partial charge in [0, 0.05) is 43.2 Å². The van der Waals surface area contributed by atoms with Crippen LogP contribution < -0.4 is 15.5 Å². The summed E-state index contributed by atoms with van der Waals surface area (Å²) in [5.41, 5.74) is 1.63. The van der Waals surface area contributed by atoms with Gasteiger partial charge in [0.25, 0.3) is 0 Å². The number of halogens is 3. The van der Waals surface area contributed by atoms with E-state index in [0.29, 0.717) is 11.3 Å². The first-order chi connectivity index (χ1) is 14.5. The Morgan fingerprint density at radius 1 is 0.903 bits per heavy atom. The molecular weight excluding hydrogens is 409 g/mol. The Morgan fingerprint density at radius 2 is 1.55 bits per heavy atom. The van der Waals surface area contributed by atoms with Gasteiger partial charge in [-0.05, 0) is 68.4 Å². The number of hydrogen-bond acceptors (Lipinski definition) is 4. The molecule has 2 aromatic carbocycles. The molecule has 0 aliphatic carbocycles. The van der Waals surface area contributed by atoms with Gasteiger partial charge in [-0.3, -0.25) is 9.59 Å². The maximum atomic E-state index is 13.0. The largest absolute Gasteiger partial charge is 0.416 e. The van der Waals surface area contributed by atoms with Crippen molar-refractivity contribution in [3.05, 3.63) is 53.1 Å². The van der Waals surface area contributed by atoms with E-state index < -0.39 is 23.6 Å². The van der Waals surface area contributed by atoms with Gasteiger partial charge in [-0.25, -0.2) is 0 Å². The van der Waals surface area contributed by atoms with Crippen molar-refractivity contribution >= 4 is 28.9 Å². The number of likely N-dealkylation sites (N-methyl/N-ethyl adjacent to an activating group) is 1. The number of amides is 2. The van der Waals surface area contributed by atoms with E-state index in [4.69, 9.17) is 0 Å². The summed E-state index contributed by atoms with van der Waals surface area (Å²) in [7, 11) is 2.08. The summed E-state index contributed by atoms with van der Waals surface area (Å²) in [5.74, 6) is -1.99. The van der Waals surface area contributed by atoms with Crippen LogP contribution in [0.3, 0.4) is 0 Å². The fourth-order valence-electron chi connectivity index (χ4n) is 3.44. The predicted octanol–water partition coefficient (Wildman–Crippen LogP) is 3.65. The molecule has 1 heterocycles. The molecule has 2 aromatic rings. The smallest absolute Gasteiger partial charge is 0.369 e. The van der Waals surface area contributed by atoms with Crippen LogP contribution in [0.15, 0.2) is 36.4 Å². The zero-order chi connectivity index (χ0) is 22.8. The van der Waals surface area contributed by atoms with Crippen LogP contribution in [-0.4, -0.2) is 49.9 Å². The highest BCUT2D eigenvalue weighted by Crippen LogP contribution is 2.32. The first kappa shape index (κ1) is 22.6. The van der Waals surface area contributed by atoms with Crippen LogP contribution in [0.5, 0.6) is 0 Å². The highest BCUT2D eigenvalue weighted by Gasteiger charge is 2.31. The normalized spacial score (nSPS) is 15.0. The number of benzene rings is 2. The second-order valence-corrected chi connectivity index (χ2v) is 7.78. The molecule has 0 bridgehead atoms. The summed E-state index contributed by atoms with van der Waals surface area (Å²) in [6, 6.07) is 8.69. The highest BCUT2D eigenvalue weighted by atomic mass is 19.4. The van der Waals surface area contributed by atoms with Crippen LogP contribution in [-0.2, 0) is 15.8 Å². The van der Waals surface area contributed by atoms with Crippen LogP contribution in [0.1, 0.15) is 16.7 Å². The third kappa shape index (κ3) is 5.75. The summed E-state index contributed by atoms with van der Waals surface area (Å²) >= 11 is 0. The van der Waals surface area contributed by atoms with E-state index >= 15 is 0 Å². The molecule has 0 aromatic heterocycles. The molecule has 1 aliphatic rings. The van der Waals surface area contributed by atoms with Crippen molar-refractivity contribution < 1.29 is 22.8 Å². The minimum Gasteiger partial charge on any atom is -0.369 e. The van der Waals surface area contributed by atoms with Crippen molar-refractivity contribution in [2.24, 2.45) is 0 Å². The lowest BCUT2D eigenvalue weighted by molar-refractivity contribution is -0.137.